The molecule has 96 valence electrons. The standard InChI is InChI=1S/C14H14N4O/c15-8-3-9-18(10-6-7-10)14(19)13-11-4-1-2-5-12(11)16-17-13/h1-2,4-5,10H,3,6-7,9H2,(H,16,17). The zero-order valence-electron chi connectivity index (χ0n) is 10.5. The Balaban J connectivity index is 1.91. The number of fused-ring (bicyclic) bond motifs is 1. The molecule has 1 aliphatic rings. The topological polar surface area (TPSA) is 72.8 Å². The van der Waals surface area contributed by atoms with Crippen molar-refractivity contribution < 1.29 is 4.79 Å². The average Bonchev–Trinajstić information content (AvgIpc) is 3.18. The molecule has 1 saturated carbocycles. The van der Waals surface area contributed by atoms with E-state index in [1.165, 1.54) is 0 Å². The molecule has 0 aliphatic heterocycles. The predicted molar refractivity (Wildman–Crippen MR) is 70.4 cm³/mol. The van der Waals surface area contributed by atoms with Gasteiger partial charge in [0.2, 0.25) is 0 Å². The Bertz CT molecular complexity index is 651. The van der Waals surface area contributed by atoms with Crippen LogP contribution >= 0.6 is 0 Å². The van der Waals surface area contributed by atoms with Crippen LogP contribution in [0.3, 0.4) is 0 Å². The zero-order valence-corrected chi connectivity index (χ0v) is 10.5. The van der Waals surface area contributed by atoms with Crippen molar-refractivity contribution in [3.05, 3.63) is 30.0 Å². The van der Waals surface area contributed by atoms with Crippen LogP contribution in [0.2, 0.25) is 0 Å². The van der Waals surface area contributed by atoms with Gasteiger partial charge in [-0.25, -0.2) is 0 Å². The van der Waals surface area contributed by atoms with E-state index in [-0.39, 0.29) is 11.9 Å². The molecule has 1 fully saturated rings. The van der Waals surface area contributed by atoms with E-state index in [4.69, 9.17) is 5.26 Å². The van der Waals surface area contributed by atoms with Gasteiger partial charge in [-0.05, 0) is 18.9 Å². The molecule has 0 radical (unpaired) electrons. The van der Waals surface area contributed by atoms with E-state index in [1.807, 2.05) is 24.3 Å². The van der Waals surface area contributed by atoms with Crippen molar-refractivity contribution in [2.24, 2.45) is 0 Å². The monoisotopic (exact) mass is 254 g/mol. The zero-order chi connectivity index (χ0) is 13.2. The van der Waals surface area contributed by atoms with Crippen molar-refractivity contribution in [1.82, 2.24) is 15.1 Å². The third-order valence-corrected chi connectivity index (χ3v) is 3.39. The number of H-pyrrole nitrogens is 1. The van der Waals surface area contributed by atoms with E-state index in [0.717, 1.165) is 23.7 Å². The minimum atomic E-state index is -0.0739. The van der Waals surface area contributed by atoms with Gasteiger partial charge in [-0.2, -0.15) is 10.4 Å². The van der Waals surface area contributed by atoms with Crippen molar-refractivity contribution in [2.45, 2.75) is 25.3 Å². The number of nitriles is 1. The van der Waals surface area contributed by atoms with Gasteiger partial charge in [0.1, 0.15) is 0 Å². The quantitative estimate of drug-likeness (QED) is 0.907. The largest absolute Gasteiger partial charge is 0.333 e. The highest BCUT2D eigenvalue weighted by molar-refractivity contribution is 6.04. The number of hydrogen-bond acceptors (Lipinski definition) is 3. The number of amides is 1. The van der Waals surface area contributed by atoms with E-state index in [1.54, 1.807) is 4.90 Å². The summed E-state index contributed by atoms with van der Waals surface area (Å²) in [6.07, 6.45) is 2.42. The van der Waals surface area contributed by atoms with Gasteiger partial charge in [-0.15, -0.1) is 0 Å². The Morgan fingerprint density at radius 3 is 3.00 bits per heavy atom. The van der Waals surface area contributed by atoms with Crippen molar-refractivity contribution in [3.8, 4) is 6.07 Å². The number of nitrogens with zero attached hydrogens (tertiary/aromatic N) is 3. The van der Waals surface area contributed by atoms with Gasteiger partial charge in [0, 0.05) is 18.0 Å². The van der Waals surface area contributed by atoms with Crippen LogP contribution in [0.5, 0.6) is 0 Å². The van der Waals surface area contributed by atoms with Crippen LogP contribution in [0.4, 0.5) is 0 Å². The molecule has 0 bridgehead atoms. The van der Waals surface area contributed by atoms with Gasteiger partial charge in [0.05, 0.1) is 18.0 Å². The molecule has 0 atom stereocenters. The second-order valence-corrected chi connectivity index (χ2v) is 4.76. The lowest BCUT2D eigenvalue weighted by atomic mass is 10.2. The molecule has 2 aromatic rings. The SMILES string of the molecule is N#CCCN(C(=O)c1n[nH]c2ccccc12)C1CC1. The summed E-state index contributed by atoms with van der Waals surface area (Å²) >= 11 is 0. The molecule has 0 unspecified atom stereocenters. The molecule has 1 amide bonds. The molecule has 1 aliphatic carbocycles. The van der Waals surface area contributed by atoms with E-state index in [0.29, 0.717) is 18.7 Å². The van der Waals surface area contributed by atoms with Crippen LogP contribution in [-0.4, -0.2) is 33.6 Å². The van der Waals surface area contributed by atoms with E-state index < -0.39 is 0 Å². The van der Waals surface area contributed by atoms with Crippen molar-refractivity contribution in [3.63, 3.8) is 0 Å². The van der Waals surface area contributed by atoms with Crippen LogP contribution in [0.25, 0.3) is 10.9 Å². The first-order chi connectivity index (χ1) is 9.31. The van der Waals surface area contributed by atoms with Crippen molar-refractivity contribution in [1.29, 1.82) is 5.26 Å². The summed E-state index contributed by atoms with van der Waals surface area (Å²) in [4.78, 5) is 14.3. The molecule has 3 rings (SSSR count). The second-order valence-electron chi connectivity index (χ2n) is 4.76. The number of para-hydroxylation sites is 1. The molecule has 1 heterocycles. The first-order valence-corrected chi connectivity index (χ1v) is 6.42. The number of rotatable bonds is 4. The lowest BCUT2D eigenvalue weighted by Crippen LogP contribution is -2.34. The average molecular weight is 254 g/mol. The number of benzene rings is 1. The van der Waals surface area contributed by atoms with Crippen molar-refractivity contribution >= 4 is 16.8 Å². The predicted octanol–water partition coefficient (Wildman–Crippen LogP) is 2.08. The molecule has 1 aromatic heterocycles. The van der Waals surface area contributed by atoms with Crippen LogP contribution < -0.4 is 0 Å². The Morgan fingerprint density at radius 1 is 1.47 bits per heavy atom. The molecular formula is C14H14N4O. The lowest BCUT2D eigenvalue weighted by Gasteiger charge is -2.20. The molecule has 0 saturated heterocycles. The van der Waals surface area contributed by atoms with Gasteiger partial charge < -0.3 is 4.90 Å². The summed E-state index contributed by atoms with van der Waals surface area (Å²) in [7, 11) is 0. The van der Waals surface area contributed by atoms with Gasteiger partial charge >= 0.3 is 0 Å². The van der Waals surface area contributed by atoms with Gasteiger partial charge in [-0.1, -0.05) is 18.2 Å². The Labute approximate surface area is 110 Å². The number of aromatic nitrogens is 2. The Kier molecular flexibility index (Phi) is 2.92. The Morgan fingerprint density at radius 2 is 2.26 bits per heavy atom. The van der Waals surface area contributed by atoms with Crippen LogP contribution in [0.1, 0.15) is 29.8 Å². The molecule has 19 heavy (non-hydrogen) atoms. The first-order valence-electron chi connectivity index (χ1n) is 6.42. The summed E-state index contributed by atoms with van der Waals surface area (Å²) in [5.41, 5.74) is 1.32. The number of hydrogen-bond donors (Lipinski definition) is 1. The first kappa shape index (κ1) is 11.7. The third kappa shape index (κ3) is 2.17. The fourth-order valence-corrected chi connectivity index (χ4v) is 2.27. The highest BCUT2D eigenvalue weighted by atomic mass is 16.2. The maximum absolute atomic E-state index is 12.5. The summed E-state index contributed by atoms with van der Waals surface area (Å²) in [6.45, 7) is 0.487. The fraction of sp³-hybridized carbons (Fsp3) is 0.357. The lowest BCUT2D eigenvalue weighted by molar-refractivity contribution is 0.0743. The normalized spacial score (nSPS) is 14.3. The van der Waals surface area contributed by atoms with Gasteiger partial charge in [-0.3, -0.25) is 9.89 Å². The van der Waals surface area contributed by atoms with Crippen LogP contribution in [0.15, 0.2) is 24.3 Å². The molecule has 1 N–H and O–H groups in total. The van der Waals surface area contributed by atoms with E-state index >= 15 is 0 Å². The smallest absolute Gasteiger partial charge is 0.275 e. The fourth-order valence-electron chi connectivity index (χ4n) is 2.27. The molecule has 1 aromatic carbocycles. The highest BCUT2D eigenvalue weighted by Gasteiger charge is 2.34. The highest BCUT2D eigenvalue weighted by Crippen LogP contribution is 2.29. The molecule has 5 nitrogen and oxygen atoms in total. The summed E-state index contributed by atoms with van der Waals surface area (Å²) in [6, 6.07) is 9.97. The van der Waals surface area contributed by atoms with E-state index in [2.05, 4.69) is 16.3 Å². The Hall–Kier alpha value is -2.35. The maximum Gasteiger partial charge on any atom is 0.275 e. The minimum absolute atomic E-state index is 0.0739. The summed E-state index contributed by atoms with van der Waals surface area (Å²) < 4.78 is 0. The van der Waals surface area contributed by atoms with Crippen LogP contribution in [-0.2, 0) is 0 Å². The van der Waals surface area contributed by atoms with Gasteiger partial charge in [0.15, 0.2) is 5.69 Å². The molecule has 5 heteroatoms. The number of nitrogens with one attached hydrogen (secondary N) is 1. The molecular weight excluding hydrogens is 240 g/mol. The summed E-state index contributed by atoms with van der Waals surface area (Å²) in [5.74, 6) is -0.0739. The second kappa shape index (κ2) is 4.73. The van der Waals surface area contributed by atoms with Crippen LogP contribution in [0, 0.1) is 11.3 Å². The third-order valence-electron chi connectivity index (χ3n) is 3.39. The maximum atomic E-state index is 12.5. The molecule has 0 spiro atoms. The summed E-state index contributed by atoms with van der Waals surface area (Å²) in [5, 5.41) is 16.5. The number of carbonyl (C=O) groups excluding carboxylic acids is 1. The number of aromatic amines is 1. The van der Waals surface area contributed by atoms with Crippen molar-refractivity contribution in [2.75, 3.05) is 6.54 Å². The van der Waals surface area contributed by atoms with E-state index in [9.17, 15) is 4.79 Å². The minimum Gasteiger partial charge on any atom is -0.333 e. The number of carbonyl (C=O) groups is 1. The van der Waals surface area contributed by atoms with Gasteiger partial charge in [0.25, 0.3) is 5.91 Å².